The van der Waals surface area contributed by atoms with E-state index in [1.165, 1.54) is 12.1 Å². The Morgan fingerprint density at radius 3 is 2.78 bits per heavy atom. The molecule has 142 valence electrons. The van der Waals surface area contributed by atoms with Gasteiger partial charge < -0.3 is 10.5 Å². The number of nitrogens with two attached hydrogens (primary N) is 1. The third kappa shape index (κ3) is 3.86. The minimum absolute atomic E-state index is 0.154. The second-order valence-corrected chi connectivity index (χ2v) is 6.61. The van der Waals surface area contributed by atoms with E-state index in [1.807, 2.05) is 0 Å². The van der Waals surface area contributed by atoms with Gasteiger partial charge in [0.25, 0.3) is 0 Å². The Kier molecular flexibility index (Phi) is 4.66. The van der Waals surface area contributed by atoms with Crippen LogP contribution >= 0.6 is 0 Å². The molecular formula is C17H19F2N7O. The molecule has 0 amide bonds. The van der Waals surface area contributed by atoms with Gasteiger partial charge in [-0.15, -0.1) is 5.10 Å². The summed E-state index contributed by atoms with van der Waals surface area (Å²) in [6.45, 7) is 4.44. The second kappa shape index (κ2) is 7.12. The number of ether oxygens (including phenoxy) is 1. The average Bonchev–Trinajstić information content (AvgIpc) is 2.97. The molecule has 0 spiro atoms. The maximum atomic E-state index is 13.4. The summed E-state index contributed by atoms with van der Waals surface area (Å²) in [5.41, 5.74) is 7.49. The Balaban J connectivity index is 1.47. The van der Waals surface area contributed by atoms with Crippen molar-refractivity contribution in [2.45, 2.75) is 26.1 Å². The number of nitrogens with zero attached hydrogens (tertiary/aromatic N) is 6. The molecule has 27 heavy (non-hydrogen) atoms. The first-order valence-corrected chi connectivity index (χ1v) is 8.60. The Labute approximate surface area is 153 Å². The molecule has 3 aromatic rings. The van der Waals surface area contributed by atoms with Crippen molar-refractivity contribution in [3.63, 3.8) is 0 Å². The maximum absolute atomic E-state index is 13.4. The first kappa shape index (κ1) is 17.7. The fourth-order valence-corrected chi connectivity index (χ4v) is 3.30. The molecule has 1 fully saturated rings. The van der Waals surface area contributed by atoms with Gasteiger partial charge in [0.2, 0.25) is 0 Å². The number of benzene rings is 1. The number of fused-ring (bicyclic) bond motifs is 1. The predicted molar refractivity (Wildman–Crippen MR) is 93.6 cm³/mol. The van der Waals surface area contributed by atoms with Gasteiger partial charge in [0, 0.05) is 25.7 Å². The Morgan fingerprint density at radius 1 is 1.22 bits per heavy atom. The number of rotatable bonds is 4. The highest BCUT2D eigenvalue weighted by atomic mass is 19.1. The number of halogens is 2. The lowest BCUT2D eigenvalue weighted by Crippen LogP contribution is -2.43. The number of hydrogen-bond donors (Lipinski definition) is 1. The lowest BCUT2D eigenvalue weighted by molar-refractivity contribution is -0.0399. The van der Waals surface area contributed by atoms with E-state index in [9.17, 15) is 8.78 Å². The molecule has 0 bridgehead atoms. The van der Waals surface area contributed by atoms with E-state index >= 15 is 0 Å². The van der Waals surface area contributed by atoms with Crippen LogP contribution in [0.2, 0.25) is 0 Å². The third-order valence-corrected chi connectivity index (χ3v) is 4.43. The van der Waals surface area contributed by atoms with Crippen molar-refractivity contribution >= 4 is 17.0 Å². The molecular weight excluding hydrogens is 356 g/mol. The number of aryl methyl sites for hydroxylation is 1. The fraction of sp³-hybridized carbons (Fsp3) is 0.412. The van der Waals surface area contributed by atoms with Crippen LogP contribution in [-0.4, -0.2) is 55.7 Å². The molecule has 2 aromatic heterocycles. The summed E-state index contributed by atoms with van der Waals surface area (Å²) < 4.78 is 34.3. The molecule has 10 heteroatoms. The molecule has 1 aromatic carbocycles. The number of hydrogen-bond acceptors (Lipinski definition) is 7. The predicted octanol–water partition coefficient (Wildman–Crippen LogP) is 1.29. The summed E-state index contributed by atoms with van der Waals surface area (Å²) in [6, 6.07) is 3.57. The summed E-state index contributed by atoms with van der Waals surface area (Å²) in [7, 11) is 0. The molecule has 0 unspecified atom stereocenters. The van der Waals surface area contributed by atoms with Crippen LogP contribution in [0.3, 0.4) is 0 Å². The minimum atomic E-state index is -0.573. The summed E-state index contributed by atoms with van der Waals surface area (Å²) in [5.74, 6) is -0.306. The zero-order valence-electron chi connectivity index (χ0n) is 14.8. The average molecular weight is 375 g/mol. The molecule has 1 aliphatic heterocycles. The highest BCUT2D eigenvalue weighted by Gasteiger charge is 2.23. The molecule has 4 rings (SSSR count). The van der Waals surface area contributed by atoms with E-state index in [2.05, 4.69) is 25.2 Å². The number of morpholine rings is 1. The van der Waals surface area contributed by atoms with Crippen molar-refractivity contribution in [1.82, 2.24) is 29.9 Å². The Bertz CT molecular complexity index is 957. The molecule has 3 heterocycles. The van der Waals surface area contributed by atoms with Gasteiger partial charge in [-0.2, -0.15) is 0 Å². The van der Waals surface area contributed by atoms with E-state index < -0.39 is 11.6 Å². The van der Waals surface area contributed by atoms with Crippen molar-refractivity contribution in [2.24, 2.45) is 0 Å². The standard InChI is InChI=1S/C17H19F2N7O/c1-10-21-16(20)15-17(22-10)26(24-23-15)9-14-8-25(2-3-27-14)7-11-4-12(18)6-13(19)5-11/h4-6,14H,2-3,7-9H2,1H3,(H2,20,21,22)/t14-/m1/s1. The zero-order chi connectivity index (χ0) is 19.0. The van der Waals surface area contributed by atoms with E-state index in [0.29, 0.717) is 61.2 Å². The molecule has 1 atom stereocenters. The summed E-state index contributed by atoms with van der Waals surface area (Å²) in [5, 5.41) is 8.15. The maximum Gasteiger partial charge on any atom is 0.184 e. The lowest BCUT2D eigenvalue weighted by atomic mass is 10.1. The van der Waals surface area contributed by atoms with Gasteiger partial charge in [-0.25, -0.2) is 23.4 Å². The molecule has 0 aliphatic carbocycles. The van der Waals surface area contributed by atoms with Gasteiger partial charge in [-0.05, 0) is 24.6 Å². The molecule has 0 radical (unpaired) electrons. The van der Waals surface area contributed by atoms with Gasteiger partial charge in [0.15, 0.2) is 17.0 Å². The molecule has 2 N–H and O–H groups in total. The van der Waals surface area contributed by atoms with Crippen molar-refractivity contribution in [2.75, 3.05) is 25.4 Å². The number of anilines is 1. The van der Waals surface area contributed by atoms with Crippen LogP contribution in [0.15, 0.2) is 18.2 Å². The molecule has 1 aliphatic rings. The van der Waals surface area contributed by atoms with E-state index in [0.717, 1.165) is 6.07 Å². The lowest BCUT2D eigenvalue weighted by Gasteiger charge is -2.32. The van der Waals surface area contributed by atoms with Crippen molar-refractivity contribution < 1.29 is 13.5 Å². The van der Waals surface area contributed by atoms with E-state index in [-0.39, 0.29) is 6.10 Å². The fourth-order valence-electron chi connectivity index (χ4n) is 3.30. The van der Waals surface area contributed by atoms with Gasteiger partial charge in [0.05, 0.1) is 19.3 Å². The van der Waals surface area contributed by atoms with Crippen LogP contribution in [-0.2, 0) is 17.8 Å². The first-order valence-electron chi connectivity index (χ1n) is 8.60. The second-order valence-electron chi connectivity index (χ2n) is 6.61. The van der Waals surface area contributed by atoms with Crippen LogP contribution in [0.5, 0.6) is 0 Å². The van der Waals surface area contributed by atoms with E-state index in [1.54, 1.807) is 11.6 Å². The monoisotopic (exact) mass is 375 g/mol. The van der Waals surface area contributed by atoms with Gasteiger partial charge in [-0.3, -0.25) is 4.90 Å². The molecule has 1 saturated heterocycles. The van der Waals surface area contributed by atoms with Crippen molar-refractivity contribution in [1.29, 1.82) is 0 Å². The molecule has 0 saturated carbocycles. The van der Waals surface area contributed by atoms with Crippen molar-refractivity contribution in [3.05, 3.63) is 41.2 Å². The number of aromatic nitrogens is 5. The van der Waals surface area contributed by atoms with E-state index in [4.69, 9.17) is 10.5 Å². The zero-order valence-corrected chi connectivity index (χ0v) is 14.8. The highest BCUT2D eigenvalue weighted by Crippen LogP contribution is 2.17. The van der Waals surface area contributed by atoms with Crippen LogP contribution in [0.25, 0.3) is 11.2 Å². The minimum Gasteiger partial charge on any atom is -0.382 e. The van der Waals surface area contributed by atoms with Crippen LogP contribution in [0.1, 0.15) is 11.4 Å². The quantitative estimate of drug-likeness (QED) is 0.734. The van der Waals surface area contributed by atoms with Crippen LogP contribution in [0.4, 0.5) is 14.6 Å². The van der Waals surface area contributed by atoms with Gasteiger partial charge in [-0.1, -0.05) is 5.21 Å². The SMILES string of the molecule is Cc1nc(N)c2nnn(C[C@H]3CN(Cc4cc(F)cc(F)c4)CCO3)c2n1. The van der Waals surface area contributed by atoms with Crippen molar-refractivity contribution in [3.8, 4) is 0 Å². The summed E-state index contributed by atoms with van der Waals surface area (Å²) in [6.07, 6.45) is -0.154. The number of nitrogen functional groups attached to an aromatic ring is 1. The topological polar surface area (TPSA) is 95.0 Å². The Hall–Kier alpha value is -2.72. The smallest absolute Gasteiger partial charge is 0.184 e. The molecule has 8 nitrogen and oxygen atoms in total. The van der Waals surface area contributed by atoms with Crippen LogP contribution < -0.4 is 5.73 Å². The third-order valence-electron chi connectivity index (χ3n) is 4.43. The van der Waals surface area contributed by atoms with Crippen LogP contribution in [0, 0.1) is 18.6 Å². The highest BCUT2D eigenvalue weighted by molar-refractivity contribution is 5.80. The largest absolute Gasteiger partial charge is 0.382 e. The van der Waals surface area contributed by atoms with Gasteiger partial charge >= 0.3 is 0 Å². The summed E-state index contributed by atoms with van der Waals surface area (Å²) >= 11 is 0. The first-order chi connectivity index (χ1) is 13.0. The normalized spacial score (nSPS) is 18.3. The summed E-state index contributed by atoms with van der Waals surface area (Å²) in [4.78, 5) is 10.5. The Morgan fingerprint density at radius 2 is 2.00 bits per heavy atom. The van der Waals surface area contributed by atoms with Gasteiger partial charge in [0.1, 0.15) is 17.5 Å².